The molecule has 16 heavy (non-hydrogen) atoms. The first-order valence-corrected chi connectivity index (χ1v) is 8.03. The number of hydrogen-bond acceptors (Lipinski definition) is 4. The Labute approximate surface area is 97.7 Å². The Morgan fingerprint density at radius 3 is 2.75 bits per heavy atom. The van der Waals surface area contributed by atoms with Crippen molar-refractivity contribution in [2.75, 3.05) is 24.7 Å². The molecule has 2 rings (SSSR count). The first-order chi connectivity index (χ1) is 7.66. The monoisotopic (exact) mass is 247 g/mol. The summed E-state index contributed by atoms with van der Waals surface area (Å²) in [5.74, 6) is 0.532. The van der Waals surface area contributed by atoms with Crippen LogP contribution >= 0.6 is 0 Å². The van der Waals surface area contributed by atoms with Gasteiger partial charge in [0.1, 0.15) is 0 Å². The molecule has 0 aromatic heterocycles. The minimum atomic E-state index is -2.79. The normalized spacial score (nSPS) is 34.0. The van der Waals surface area contributed by atoms with E-state index in [9.17, 15) is 8.42 Å². The topological polar surface area (TPSA) is 55.4 Å². The summed E-state index contributed by atoms with van der Waals surface area (Å²) in [5.41, 5.74) is 0. The van der Waals surface area contributed by atoms with Crippen LogP contribution in [-0.4, -0.2) is 45.2 Å². The predicted octanol–water partition coefficient (Wildman–Crippen LogP) is 0.722. The second kappa shape index (κ2) is 5.47. The molecule has 0 saturated carbocycles. The van der Waals surface area contributed by atoms with Gasteiger partial charge in [0, 0.05) is 12.6 Å². The fourth-order valence-electron chi connectivity index (χ4n) is 2.44. The molecular formula is C11H21NO3S. The predicted molar refractivity (Wildman–Crippen MR) is 63.3 cm³/mol. The van der Waals surface area contributed by atoms with Gasteiger partial charge in [-0.25, -0.2) is 8.42 Å². The van der Waals surface area contributed by atoms with Crippen molar-refractivity contribution in [3.8, 4) is 0 Å². The Balaban J connectivity index is 1.61. The standard InChI is InChI=1S/C11H21NO3S/c13-16(14)8-5-11(9-16)15-7-4-10-3-1-2-6-12-10/h10-12H,1-9H2. The number of sulfone groups is 1. The zero-order valence-corrected chi connectivity index (χ0v) is 10.5. The van der Waals surface area contributed by atoms with Crippen LogP contribution in [0.25, 0.3) is 0 Å². The molecule has 2 aliphatic heterocycles. The van der Waals surface area contributed by atoms with Crippen molar-refractivity contribution in [2.24, 2.45) is 0 Å². The van der Waals surface area contributed by atoms with Crippen molar-refractivity contribution in [2.45, 2.75) is 44.2 Å². The van der Waals surface area contributed by atoms with Gasteiger partial charge in [0.2, 0.25) is 0 Å². The first kappa shape index (κ1) is 12.3. The fraction of sp³-hybridized carbons (Fsp3) is 1.00. The van der Waals surface area contributed by atoms with Gasteiger partial charge in [-0.05, 0) is 32.2 Å². The SMILES string of the molecule is O=S1(=O)CCC(OCCC2CCCCN2)C1. The van der Waals surface area contributed by atoms with Crippen molar-refractivity contribution in [3.05, 3.63) is 0 Å². The van der Waals surface area contributed by atoms with Gasteiger partial charge in [0.25, 0.3) is 0 Å². The third-order valence-corrected chi connectivity index (χ3v) is 5.16. The maximum Gasteiger partial charge on any atom is 0.152 e. The molecule has 1 N–H and O–H groups in total. The summed E-state index contributed by atoms with van der Waals surface area (Å²) in [6.45, 7) is 1.81. The van der Waals surface area contributed by atoms with Crippen LogP contribution in [0, 0.1) is 0 Å². The van der Waals surface area contributed by atoms with Crippen LogP contribution in [-0.2, 0) is 14.6 Å². The molecule has 0 amide bonds. The molecule has 2 atom stereocenters. The molecule has 94 valence electrons. The van der Waals surface area contributed by atoms with Gasteiger partial charge in [-0.1, -0.05) is 6.42 Å². The van der Waals surface area contributed by atoms with Crippen LogP contribution in [0.2, 0.25) is 0 Å². The van der Waals surface area contributed by atoms with E-state index in [0.717, 1.165) is 13.0 Å². The van der Waals surface area contributed by atoms with Gasteiger partial charge in [-0.15, -0.1) is 0 Å². The van der Waals surface area contributed by atoms with Crippen molar-refractivity contribution >= 4 is 9.84 Å². The number of rotatable bonds is 4. The van der Waals surface area contributed by atoms with E-state index >= 15 is 0 Å². The number of piperidine rings is 1. The lowest BCUT2D eigenvalue weighted by Gasteiger charge is -2.23. The van der Waals surface area contributed by atoms with Crippen LogP contribution in [0.4, 0.5) is 0 Å². The molecule has 2 aliphatic rings. The second-order valence-electron chi connectivity index (χ2n) is 4.83. The molecule has 2 fully saturated rings. The van der Waals surface area contributed by atoms with Gasteiger partial charge in [0.05, 0.1) is 17.6 Å². The lowest BCUT2D eigenvalue weighted by atomic mass is 10.0. The quantitative estimate of drug-likeness (QED) is 0.795. The Bertz CT molecular complexity index is 309. The molecule has 0 aromatic carbocycles. The summed E-state index contributed by atoms with van der Waals surface area (Å²) in [6, 6.07) is 0.576. The van der Waals surface area contributed by atoms with Crippen molar-refractivity contribution < 1.29 is 13.2 Å². The summed E-state index contributed by atoms with van der Waals surface area (Å²) in [5, 5.41) is 3.46. The second-order valence-corrected chi connectivity index (χ2v) is 7.06. The van der Waals surface area contributed by atoms with E-state index in [-0.39, 0.29) is 11.9 Å². The van der Waals surface area contributed by atoms with Crippen LogP contribution in [0.15, 0.2) is 0 Å². The molecule has 4 nitrogen and oxygen atoms in total. The maximum absolute atomic E-state index is 11.2. The minimum absolute atomic E-state index is 0.0476. The summed E-state index contributed by atoms with van der Waals surface area (Å²) in [7, 11) is -2.79. The van der Waals surface area contributed by atoms with Gasteiger partial charge >= 0.3 is 0 Å². The van der Waals surface area contributed by atoms with Crippen LogP contribution in [0.5, 0.6) is 0 Å². The molecule has 0 spiro atoms. The molecule has 2 saturated heterocycles. The number of nitrogens with one attached hydrogen (secondary N) is 1. The zero-order valence-electron chi connectivity index (χ0n) is 9.65. The van der Waals surface area contributed by atoms with Crippen LogP contribution < -0.4 is 5.32 Å². The average Bonchev–Trinajstić information content (AvgIpc) is 2.60. The van der Waals surface area contributed by atoms with Gasteiger partial charge in [-0.2, -0.15) is 0 Å². The third-order valence-electron chi connectivity index (χ3n) is 3.42. The summed E-state index contributed by atoms with van der Waals surface area (Å²) >= 11 is 0. The van der Waals surface area contributed by atoms with Crippen molar-refractivity contribution in [3.63, 3.8) is 0 Å². The highest BCUT2D eigenvalue weighted by Gasteiger charge is 2.28. The van der Waals surface area contributed by atoms with E-state index in [2.05, 4.69) is 5.32 Å². The summed E-state index contributed by atoms with van der Waals surface area (Å²) in [6.07, 6.45) is 5.45. The molecular weight excluding hydrogens is 226 g/mol. The highest BCUT2D eigenvalue weighted by atomic mass is 32.2. The van der Waals surface area contributed by atoms with E-state index in [1.807, 2.05) is 0 Å². The van der Waals surface area contributed by atoms with E-state index in [1.165, 1.54) is 19.3 Å². The minimum Gasteiger partial charge on any atom is -0.377 e. The molecule has 0 aliphatic carbocycles. The number of ether oxygens (including phenoxy) is 1. The summed E-state index contributed by atoms with van der Waals surface area (Å²) < 4.78 is 28.0. The van der Waals surface area contributed by atoms with E-state index < -0.39 is 9.84 Å². The third kappa shape index (κ3) is 3.71. The molecule has 5 heteroatoms. The lowest BCUT2D eigenvalue weighted by molar-refractivity contribution is 0.0624. The Morgan fingerprint density at radius 2 is 2.12 bits per heavy atom. The Morgan fingerprint density at radius 1 is 1.25 bits per heavy atom. The summed E-state index contributed by atoms with van der Waals surface area (Å²) in [4.78, 5) is 0. The van der Waals surface area contributed by atoms with E-state index in [1.54, 1.807) is 0 Å². The highest BCUT2D eigenvalue weighted by Crippen LogP contribution is 2.16. The Hall–Kier alpha value is -0.130. The largest absolute Gasteiger partial charge is 0.377 e. The van der Waals surface area contributed by atoms with Gasteiger partial charge in [-0.3, -0.25) is 0 Å². The molecule has 0 aromatic rings. The smallest absolute Gasteiger partial charge is 0.152 e. The molecule has 2 heterocycles. The van der Waals surface area contributed by atoms with E-state index in [0.29, 0.717) is 24.8 Å². The lowest BCUT2D eigenvalue weighted by Crippen LogP contribution is -2.35. The van der Waals surface area contributed by atoms with E-state index in [4.69, 9.17) is 4.74 Å². The van der Waals surface area contributed by atoms with Crippen LogP contribution in [0.1, 0.15) is 32.1 Å². The molecule has 2 unspecified atom stereocenters. The molecule has 0 radical (unpaired) electrons. The first-order valence-electron chi connectivity index (χ1n) is 6.21. The highest BCUT2D eigenvalue weighted by molar-refractivity contribution is 7.91. The van der Waals surface area contributed by atoms with Crippen molar-refractivity contribution in [1.29, 1.82) is 0 Å². The average molecular weight is 247 g/mol. The van der Waals surface area contributed by atoms with Gasteiger partial charge < -0.3 is 10.1 Å². The van der Waals surface area contributed by atoms with Crippen LogP contribution in [0.3, 0.4) is 0 Å². The van der Waals surface area contributed by atoms with Crippen molar-refractivity contribution in [1.82, 2.24) is 5.32 Å². The fourth-order valence-corrected chi connectivity index (χ4v) is 4.06. The Kier molecular flexibility index (Phi) is 4.21. The maximum atomic E-state index is 11.2. The zero-order chi connectivity index (χ0) is 11.4. The van der Waals surface area contributed by atoms with Gasteiger partial charge in [0.15, 0.2) is 9.84 Å². The number of hydrogen-bond donors (Lipinski definition) is 1. The molecule has 0 bridgehead atoms.